The van der Waals surface area contributed by atoms with Crippen molar-refractivity contribution in [2.75, 3.05) is 16.0 Å². The summed E-state index contributed by atoms with van der Waals surface area (Å²) in [5.41, 5.74) is 1.95. The molecular formula is C48H25Br3Cl2F9N9O6. The van der Waals surface area contributed by atoms with Crippen molar-refractivity contribution in [2.45, 2.75) is 18.5 Å². The molecule has 0 saturated heterocycles. The third-order valence-electron chi connectivity index (χ3n) is 10.1. The number of benzene rings is 6. The second-order valence-corrected chi connectivity index (χ2v) is 18.7. The van der Waals surface area contributed by atoms with Crippen LogP contribution in [0.3, 0.4) is 0 Å². The van der Waals surface area contributed by atoms with Crippen LogP contribution in [0.4, 0.5) is 57.4 Å². The summed E-state index contributed by atoms with van der Waals surface area (Å²) >= 11 is 21.3. The highest BCUT2D eigenvalue weighted by Gasteiger charge is 2.42. The molecule has 0 aliphatic carbocycles. The maximum atomic E-state index is 12.9. The summed E-state index contributed by atoms with van der Waals surface area (Å²) < 4.78 is 118. The summed E-state index contributed by atoms with van der Waals surface area (Å²) in [7, 11) is 0. The minimum Gasteiger partial charge on any atom is -0.288 e. The molecule has 0 spiro atoms. The van der Waals surface area contributed by atoms with Gasteiger partial charge in [0.15, 0.2) is 0 Å². The fourth-order valence-electron chi connectivity index (χ4n) is 6.76. The van der Waals surface area contributed by atoms with Gasteiger partial charge in [0.25, 0.3) is 17.7 Å². The van der Waals surface area contributed by atoms with Crippen LogP contribution in [-0.4, -0.2) is 82.6 Å². The van der Waals surface area contributed by atoms with Crippen LogP contribution in [0.25, 0.3) is 33.1 Å². The molecule has 396 valence electrons. The first-order valence-electron chi connectivity index (χ1n) is 21.0. The second-order valence-electron chi connectivity index (χ2n) is 15.3. The first-order chi connectivity index (χ1) is 36.1. The number of hydrogen-bond donors (Lipinski definition) is 3. The summed E-state index contributed by atoms with van der Waals surface area (Å²) in [6, 6.07) is 33.8. The molecule has 3 amide bonds. The van der Waals surface area contributed by atoms with Crippen LogP contribution in [0.15, 0.2) is 147 Å². The highest BCUT2D eigenvalue weighted by Crippen LogP contribution is 2.32. The van der Waals surface area contributed by atoms with E-state index in [0.717, 1.165) is 13.7 Å². The van der Waals surface area contributed by atoms with Gasteiger partial charge in [0.1, 0.15) is 16.6 Å². The van der Waals surface area contributed by atoms with Crippen molar-refractivity contribution in [3.63, 3.8) is 0 Å². The van der Waals surface area contributed by atoms with Crippen LogP contribution in [0, 0.1) is 0 Å². The zero-order valence-corrected chi connectivity index (χ0v) is 43.9. The third-order valence-corrected chi connectivity index (χ3v) is 12.6. The number of imidazole rings is 3. The molecule has 0 unspecified atom stereocenters. The van der Waals surface area contributed by atoms with Crippen molar-refractivity contribution in [1.29, 1.82) is 0 Å². The minimum atomic E-state index is -5.13. The Morgan fingerprint density at radius 1 is 0.390 bits per heavy atom. The first-order valence-corrected chi connectivity index (χ1v) is 24.1. The summed E-state index contributed by atoms with van der Waals surface area (Å²) in [4.78, 5) is 84.3. The van der Waals surface area contributed by atoms with E-state index in [0.29, 0.717) is 18.4 Å². The standard InChI is InChI=1S/2C16H8BrClF3N3O2.C16H9BrF3N3O2/c17-10-5-2-6-11-12(10)22-15(23-14(26)16(19,20)21)24(11)13(25)8-3-1-4-9(18)7-8;17-10-2-1-3-11-12(10)22-15(23-14(26)16(19,20)21)24(11)13(25)8-4-6-9(18)7-5-8;17-10-7-4-8-11-12(10)21-15(22-14(25)16(18,19)20)23(11)13(24)9-5-2-1-3-6-9/h2*1-7H,(H,22,23,26);1-8H,(H,21,22,25). The summed E-state index contributed by atoms with van der Waals surface area (Å²) in [5.74, 6) is -10.2. The van der Waals surface area contributed by atoms with Gasteiger partial charge in [-0.15, -0.1) is 0 Å². The molecule has 6 aromatic carbocycles. The van der Waals surface area contributed by atoms with E-state index in [1.807, 2.05) is 0 Å². The molecule has 0 fully saturated rings. The predicted octanol–water partition coefficient (Wildman–Crippen LogP) is 13.3. The maximum Gasteiger partial charge on any atom is 0.471 e. The van der Waals surface area contributed by atoms with E-state index in [2.05, 4.69) is 62.7 Å². The van der Waals surface area contributed by atoms with Crippen LogP contribution in [0.1, 0.15) is 31.1 Å². The van der Waals surface area contributed by atoms with Gasteiger partial charge in [-0.2, -0.15) is 39.5 Å². The summed E-state index contributed by atoms with van der Waals surface area (Å²) in [6.07, 6.45) is -15.3. The number of nitrogens with zero attached hydrogens (tertiary/aromatic N) is 6. The zero-order chi connectivity index (χ0) is 56.3. The monoisotopic (exact) mass is 1300 g/mol. The van der Waals surface area contributed by atoms with Crippen molar-refractivity contribution in [1.82, 2.24) is 28.7 Å². The Labute approximate surface area is 459 Å². The van der Waals surface area contributed by atoms with Gasteiger partial charge < -0.3 is 0 Å². The number of fused-ring (bicyclic) bond motifs is 3. The number of hydrogen-bond acceptors (Lipinski definition) is 9. The van der Waals surface area contributed by atoms with Gasteiger partial charge in [-0.3, -0.25) is 44.7 Å². The van der Waals surface area contributed by atoms with Gasteiger partial charge in [0, 0.05) is 40.2 Å². The molecular weight excluding hydrogens is 1280 g/mol. The van der Waals surface area contributed by atoms with Crippen molar-refractivity contribution in [2.24, 2.45) is 0 Å². The Hall–Kier alpha value is -7.46. The van der Waals surface area contributed by atoms with E-state index < -0.39 is 71.8 Å². The molecule has 0 bridgehead atoms. The molecule has 29 heteroatoms. The molecule has 0 radical (unpaired) electrons. The van der Waals surface area contributed by atoms with E-state index >= 15 is 0 Å². The average Bonchev–Trinajstić information content (AvgIpc) is 4.06. The van der Waals surface area contributed by atoms with Crippen molar-refractivity contribution >= 4 is 157 Å². The Balaban J connectivity index is 0.000000168. The molecule has 0 saturated carbocycles. The van der Waals surface area contributed by atoms with Crippen molar-refractivity contribution in [3.8, 4) is 0 Å². The number of nitrogens with one attached hydrogen (secondary N) is 3. The van der Waals surface area contributed by atoms with E-state index in [1.165, 1.54) is 72.8 Å². The number of carbonyl (C=O) groups excluding carboxylic acids is 6. The van der Waals surface area contributed by atoms with E-state index in [9.17, 15) is 68.3 Å². The zero-order valence-electron chi connectivity index (χ0n) is 37.6. The number of anilines is 3. The van der Waals surface area contributed by atoms with Gasteiger partial charge in [0.2, 0.25) is 17.8 Å². The Bertz CT molecular complexity index is 3800. The van der Waals surface area contributed by atoms with Crippen LogP contribution in [0.5, 0.6) is 0 Å². The molecule has 0 aliphatic heterocycles. The SMILES string of the molecule is O=C(c1ccc(Cl)cc1)n1c(NC(=O)C(F)(F)F)nc2c(Br)cccc21.O=C(c1cccc(Cl)c1)n1c(NC(=O)C(F)(F)F)nc2c(Br)cccc21.O=C(c1ccccc1)n1c(NC(=O)C(F)(F)F)nc2c(Br)cccc21. The number of alkyl halides is 9. The molecule has 3 N–H and O–H groups in total. The van der Waals surface area contributed by atoms with Gasteiger partial charge in [-0.1, -0.05) is 65.7 Å². The molecule has 77 heavy (non-hydrogen) atoms. The van der Waals surface area contributed by atoms with Gasteiger partial charge in [0.05, 0.1) is 16.6 Å². The third kappa shape index (κ3) is 13.0. The van der Waals surface area contributed by atoms with E-state index in [1.54, 1.807) is 76.6 Å². The molecule has 9 aromatic rings. The fourth-order valence-corrected chi connectivity index (χ4v) is 8.41. The molecule has 0 aliphatic rings. The topological polar surface area (TPSA) is 192 Å². The quantitative estimate of drug-likeness (QED) is 0.136. The molecule has 9 rings (SSSR count). The maximum absolute atomic E-state index is 12.9. The highest BCUT2D eigenvalue weighted by atomic mass is 79.9. The lowest BCUT2D eigenvalue weighted by atomic mass is 10.2. The van der Waals surface area contributed by atoms with Crippen LogP contribution in [0.2, 0.25) is 10.0 Å². The number of amides is 3. The van der Waals surface area contributed by atoms with Gasteiger partial charge >= 0.3 is 36.3 Å². The highest BCUT2D eigenvalue weighted by molar-refractivity contribution is 9.11. The van der Waals surface area contributed by atoms with Crippen LogP contribution >= 0.6 is 71.0 Å². The predicted molar refractivity (Wildman–Crippen MR) is 275 cm³/mol. The number of halogens is 14. The average molecular weight is 1310 g/mol. The Morgan fingerprint density at radius 3 is 1.04 bits per heavy atom. The molecule has 3 heterocycles. The number of aromatic nitrogens is 6. The van der Waals surface area contributed by atoms with Crippen LogP contribution in [-0.2, 0) is 14.4 Å². The van der Waals surface area contributed by atoms with Crippen molar-refractivity contribution < 1.29 is 68.3 Å². The fraction of sp³-hybridized carbons (Fsp3) is 0.0625. The second kappa shape index (κ2) is 23.0. The van der Waals surface area contributed by atoms with Gasteiger partial charge in [-0.05, 0) is 139 Å². The van der Waals surface area contributed by atoms with Gasteiger partial charge in [-0.25, -0.2) is 28.7 Å². The van der Waals surface area contributed by atoms with E-state index in [4.69, 9.17) is 23.2 Å². The first kappa shape index (κ1) is 57.2. The number of para-hydroxylation sites is 3. The lowest BCUT2D eigenvalue weighted by molar-refractivity contribution is -0.167. The smallest absolute Gasteiger partial charge is 0.288 e. The lowest BCUT2D eigenvalue weighted by Gasteiger charge is -2.10. The normalized spacial score (nSPS) is 11.6. The summed E-state index contributed by atoms with van der Waals surface area (Å²) in [6.45, 7) is 0. The largest absolute Gasteiger partial charge is 0.471 e. The number of rotatable bonds is 6. The Morgan fingerprint density at radius 2 is 0.701 bits per heavy atom. The number of carbonyl (C=O) groups is 6. The lowest BCUT2D eigenvalue weighted by Crippen LogP contribution is -2.32. The van der Waals surface area contributed by atoms with Crippen LogP contribution < -0.4 is 16.0 Å². The van der Waals surface area contributed by atoms with E-state index in [-0.39, 0.29) is 54.8 Å². The molecule has 3 aromatic heterocycles. The minimum absolute atomic E-state index is 0.124. The summed E-state index contributed by atoms with van der Waals surface area (Å²) in [5, 5.41) is 5.63. The molecule has 0 atom stereocenters. The molecule has 15 nitrogen and oxygen atoms in total. The Kier molecular flexibility index (Phi) is 17.1. The van der Waals surface area contributed by atoms with Crippen molar-refractivity contribution in [3.05, 3.63) is 174 Å².